The van der Waals surface area contributed by atoms with Gasteiger partial charge in [-0.15, -0.1) is 0 Å². The maximum Gasteiger partial charge on any atom is 0.136 e. The third-order valence-electron chi connectivity index (χ3n) is 1.35. The highest BCUT2D eigenvalue weighted by Gasteiger charge is 2.09. The highest BCUT2D eigenvalue weighted by atomic mass is 32.1. The average Bonchev–Trinajstić information content (AvgIpc) is 1.81. The molecule has 1 nitrogen and oxygen atoms in total. The molecular weight excluding hydrogens is 142 g/mol. The monoisotopic (exact) mass is 158 g/mol. The Balaban J connectivity index is 3.45. The van der Waals surface area contributed by atoms with Crippen LogP contribution in [-0.2, 0) is 0 Å². The van der Waals surface area contributed by atoms with Crippen molar-refractivity contribution < 1.29 is 0 Å². The van der Waals surface area contributed by atoms with Crippen molar-refractivity contribution in [2.24, 2.45) is 5.41 Å². The number of thiocarbonyl (C=S) groups is 1. The molecule has 0 atom stereocenters. The van der Waals surface area contributed by atoms with Gasteiger partial charge in [0.15, 0.2) is 0 Å². The molecule has 0 aliphatic carbocycles. The molecule has 0 unspecified atom stereocenters. The second kappa shape index (κ2) is 3.91. The summed E-state index contributed by atoms with van der Waals surface area (Å²) in [6.45, 7) is 7.69. The summed E-state index contributed by atoms with van der Waals surface area (Å²) in [6, 6.07) is 0. The fourth-order valence-electron chi connectivity index (χ4n) is 0.549. The van der Waals surface area contributed by atoms with Crippen LogP contribution in [0.3, 0.4) is 0 Å². The second-order valence-corrected chi connectivity index (χ2v) is 4.01. The first-order valence-electron chi connectivity index (χ1n) is 3.54. The van der Waals surface area contributed by atoms with Gasteiger partial charge in [0.25, 0.3) is 0 Å². The first kappa shape index (κ1) is 9.89. The molecule has 0 aromatic rings. The summed E-state index contributed by atoms with van der Waals surface area (Å²) in [5, 5.41) is 0. The van der Waals surface area contributed by atoms with Crippen molar-refractivity contribution in [2.45, 2.75) is 27.2 Å². The summed E-state index contributed by atoms with van der Waals surface area (Å²) in [6.07, 6.45) is 1.16. The van der Waals surface area contributed by atoms with Crippen molar-refractivity contribution in [1.29, 1.82) is 0 Å². The fraction of sp³-hybridized carbons (Fsp3) is 0.875. The first-order valence-corrected chi connectivity index (χ1v) is 3.95. The number of hydrogen-bond acceptors (Lipinski definition) is 1. The van der Waals surface area contributed by atoms with E-state index in [0.717, 1.165) is 13.0 Å². The molecule has 0 saturated carbocycles. The van der Waals surface area contributed by atoms with Crippen LogP contribution in [0.25, 0.3) is 0 Å². The minimum absolute atomic E-state index is 0.403. The van der Waals surface area contributed by atoms with E-state index in [0.29, 0.717) is 5.41 Å². The van der Waals surface area contributed by atoms with Crippen LogP contribution >= 0.6 is 12.2 Å². The Morgan fingerprint density at radius 3 is 2.20 bits per heavy atom. The molecule has 0 saturated heterocycles. The molecule has 0 heterocycles. The first-order chi connectivity index (χ1) is 4.45. The Bertz CT molecular complexity index is 104. The summed E-state index contributed by atoms with van der Waals surface area (Å²) in [5.74, 6) is 0. The smallest absolute Gasteiger partial charge is 0.136 e. The predicted molar refractivity (Wildman–Crippen MR) is 49.3 cm³/mol. The lowest BCUT2D eigenvalue weighted by atomic mass is 9.92. The minimum Gasteiger partial charge on any atom is -0.363 e. The molecule has 59 valence electrons. The molecule has 0 bridgehead atoms. The van der Waals surface area contributed by atoms with Crippen LogP contribution in [0.2, 0.25) is 0 Å². The fourth-order valence-corrected chi connectivity index (χ4v) is 0.640. The van der Waals surface area contributed by atoms with Crippen LogP contribution in [0.15, 0.2) is 0 Å². The number of rotatable bonds is 3. The van der Waals surface area contributed by atoms with Gasteiger partial charge in [0, 0.05) is 13.6 Å². The molecule has 0 amide bonds. The highest BCUT2D eigenvalue weighted by molar-refractivity contribution is 7.78. The van der Waals surface area contributed by atoms with Gasteiger partial charge in [-0.3, -0.25) is 0 Å². The molecule has 0 spiro atoms. The molecule has 0 aliphatic heterocycles. The molecule has 0 rings (SSSR count). The Labute approximate surface area is 69.4 Å². The van der Waals surface area contributed by atoms with Gasteiger partial charge in [-0.05, 0) is 11.8 Å². The molecule has 10 heavy (non-hydrogen) atoms. The van der Waals surface area contributed by atoms with Crippen molar-refractivity contribution in [1.82, 2.24) is 4.90 Å². The van der Waals surface area contributed by atoms with Gasteiger partial charge in [-0.1, -0.05) is 33.0 Å². The highest BCUT2D eigenvalue weighted by Crippen LogP contribution is 2.17. The van der Waals surface area contributed by atoms with Crippen LogP contribution in [0.5, 0.6) is 0 Å². The molecule has 0 aromatic carbocycles. The Morgan fingerprint density at radius 1 is 1.40 bits per heavy atom. The van der Waals surface area contributed by atoms with Crippen LogP contribution < -0.4 is 0 Å². The summed E-state index contributed by atoms with van der Waals surface area (Å²) in [4.78, 5) is 1.92. The summed E-state index contributed by atoms with van der Waals surface area (Å²) < 4.78 is 0. The maximum absolute atomic E-state index is 4.64. The Hall–Kier alpha value is -0.110. The van der Waals surface area contributed by atoms with Gasteiger partial charge >= 0.3 is 0 Å². The number of hydrogen-bond donors (Lipinski definition) is 0. The zero-order valence-corrected chi connectivity index (χ0v) is 8.09. The van der Waals surface area contributed by atoms with Gasteiger partial charge in [0.2, 0.25) is 0 Å². The molecule has 2 heteroatoms. The van der Waals surface area contributed by atoms with E-state index < -0.39 is 0 Å². The third kappa shape index (κ3) is 6.02. The summed E-state index contributed by atoms with van der Waals surface area (Å²) >= 11 is 4.64. The van der Waals surface area contributed by atoms with E-state index in [9.17, 15) is 0 Å². The van der Waals surface area contributed by atoms with Crippen molar-refractivity contribution in [3.8, 4) is 0 Å². The Kier molecular flexibility index (Phi) is 3.87. The van der Waals surface area contributed by atoms with Gasteiger partial charge < -0.3 is 4.90 Å². The molecule has 0 aromatic heterocycles. The molecule has 0 fully saturated rings. The van der Waals surface area contributed by atoms with Crippen molar-refractivity contribution in [3.63, 3.8) is 0 Å². The van der Waals surface area contributed by atoms with Crippen molar-refractivity contribution >= 4 is 17.7 Å². The standard InChI is InChI=1S/C8H16NS/c1-8(2,3)5-6-9(4)7-10/h5-6H2,1-4H3. The largest absolute Gasteiger partial charge is 0.363 e. The SMILES string of the molecule is CN([C]=S)CCC(C)(C)C. The van der Waals surface area contributed by atoms with Crippen molar-refractivity contribution in [3.05, 3.63) is 0 Å². The van der Waals surface area contributed by atoms with Gasteiger partial charge in [0.05, 0.1) is 0 Å². The molecule has 0 aliphatic rings. The van der Waals surface area contributed by atoms with Crippen LogP contribution in [-0.4, -0.2) is 24.0 Å². The van der Waals surface area contributed by atoms with E-state index in [4.69, 9.17) is 0 Å². The van der Waals surface area contributed by atoms with Gasteiger partial charge in [-0.2, -0.15) is 0 Å². The minimum atomic E-state index is 0.403. The second-order valence-electron chi connectivity index (χ2n) is 3.82. The molecule has 1 radical (unpaired) electrons. The Morgan fingerprint density at radius 2 is 1.90 bits per heavy atom. The summed E-state index contributed by atoms with van der Waals surface area (Å²) in [5.41, 5.74) is 3.06. The lowest BCUT2D eigenvalue weighted by molar-refractivity contribution is 0.333. The third-order valence-corrected chi connectivity index (χ3v) is 1.66. The van der Waals surface area contributed by atoms with Crippen LogP contribution in [0.1, 0.15) is 27.2 Å². The topological polar surface area (TPSA) is 3.24 Å². The van der Waals surface area contributed by atoms with E-state index >= 15 is 0 Å². The van der Waals surface area contributed by atoms with Crippen LogP contribution in [0, 0.1) is 5.41 Å². The van der Waals surface area contributed by atoms with E-state index in [-0.39, 0.29) is 0 Å². The quantitative estimate of drug-likeness (QED) is 0.457. The normalized spacial score (nSPS) is 11.2. The van der Waals surface area contributed by atoms with Gasteiger partial charge in [0.1, 0.15) is 5.49 Å². The lowest BCUT2D eigenvalue weighted by Crippen LogP contribution is -2.21. The van der Waals surface area contributed by atoms with E-state index in [1.165, 1.54) is 0 Å². The van der Waals surface area contributed by atoms with Crippen molar-refractivity contribution in [2.75, 3.05) is 13.6 Å². The predicted octanol–water partition coefficient (Wildman–Crippen LogP) is 2.19. The van der Waals surface area contributed by atoms with E-state index in [1.807, 2.05) is 11.9 Å². The maximum atomic E-state index is 4.64. The zero-order valence-electron chi connectivity index (χ0n) is 7.27. The molecular formula is C8H16NS. The average molecular weight is 158 g/mol. The zero-order chi connectivity index (χ0) is 8.20. The summed E-state index contributed by atoms with van der Waals surface area (Å²) in [7, 11) is 1.96. The van der Waals surface area contributed by atoms with Gasteiger partial charge in [-0.25, -0.2) is 0 Å². The lowest BCUT2D eigenvalue weighted by Gasteiger charge is -2.21. The number of nitrogens with zero attached hydrogens (tertiary/aromatic N) is 1. The van der Waals surface area contributed by atoms with E-state index in [1.54, 1.807) is 0 Å². The van der Waals surface area contributed by atoms with Crippen LogP contribution in [0.4, 0.5) is 0 Å². The van der Waals surface area contributed by atoms with E-state index in [2.05, 4.69) is 38.5 Å². The molecule has 0 N–H and O–H groups in total.